The molecule has 0 spiro atoms. The summed E-state index contributed by atoms with van der Waals surface area (Å²) in [7, 11) is 1.61. The Morgan fingerprint density at radius 1 is 1.45 bits per heavy atom. The maximum absolute atomic E-state index is 11.7. The number of thioether (sulfide) groups is 1. The fourth-order valence-corrected chi connectivity index (χ4v) is 3.77. The number of amides is 1. The lowest BCUT2D eigenvalue weighted by molar-refractivity contribution is -0.138. The van der Waals surface area contributed by atoms with Crippen LogP contribution < -0.4 is 10.1 Å². The van der Waals surface area contributed by atoms with Gasteiger partial charge in [0.2, 0.25) is 5.91 Å². The second-order valence-electron chi connectivity index (χ2n) is 6.39. The number of carboxylic acids is 1. The van der Waals surface area contributed by atoms with Crippen molar-refractivity contribution in [2.24, 2.45) is 10.2 Å². The fraction of sp³-hybridized carbons (Fsp3) is 0.316. The summed E-state index contributed by atoms with van der Waals surface area (Å²) in [5, 5.41) is 22.9. The number of aryl methyl sites for hydroxylation is 2. The molecule has 1 aliphatic rings. The lowest BCUT2D eigenvalue weighted by Crippen LogP contribution is -2.26. The summed E-state index contributed by atoms with van der Waals surface area (Å²) < 4.78 is 10.7. The van der Waals surface area contributed by atoms with Gasteiger partial charge in [-0.15, -0.1) is 5.10 Å². The number of nitrogens with one attached hydrogen (secondary N) is 1. The SMILES string of the molecule is COc1ccc(C=NN=C2NC(=O)C(CC(=O)O)S2)cc1Cc1c(C)noc1C. The van der Waals surface area contributed by atoms with Gasteiger partial charge in [-0.25, -0.2) is 0 Å². The molecule has 0 radical (unpaired) electrons. The first-order valence-corrected chi connectivity index (χ1v) is 9.64. The second kappa shape index (κ2) is 8.91. The van der Waals surface area contributed by atoms with Gasteiger partial charge in [0.1, 0.15) is 16.8 Å². The topological polar surface area (TPSA) is 126 Å². The summed E-state index contributed by atoms with van der Waals surface area (Å²) in [5.41, 5.74) is 3.59. The van der Waals surface area contributed by atoms with Gasteiger partial charge in [-0.05, 0) is 43.2 Å². The molecule has 0 saturated carbocycles. The predicted octanol–water partition coefficient (Wildman–Crippen LogP) is 2.29. The number of methoxy groups -OCH3 is 1. The molecule has 1 fully saturated rings. The number of aromatic nitrogens is 1. The van der Waals surface area contributed by atoms with Crippen molar-refractivity contribution in [2.45, 2.75) is 31.9 Å². The Morgan fingerprint density at radius 2 is 2.24 bits per heavy atom. The highest BCUT2D eigenvalue weighted by molar-refractivity contribution is 8.15. The quantitative estimate of drug-likeness (QED) is 0.524. The zero-order valence-corrected chi connectivity index (χ0v) is 16.9. The van der Waals surface area contributed by atoms with Crippen LogP contribution in [0.1, 0.15) is 34.6 Å². The normalized spacial score (nSPS) is 17.8. The minimum atomic E-state index is -1.04. The molecule has 10 heteroatoms. The van der Waals surface area contributed by atoms with Crippen LogP contribution >= 0.6 is 11.8 Å². The zero-order valence-electron chi connectivity index (χ0n) is 16.1. The average Bonchev–Trinajstić information content (AvgIpc) is 3.17. The van der Waals surface area contributed by atoms with Crippen LogP contribution in [0.5, 0.6) is 5.75 Å². The van der Waals surface area contributed by atoms with Crippen LogP contribution in [0.15, 0.2) is 32.9 Å². The Bertz CT molecular complexity index is 979. The van der Waals surface area contributed by atoms with Crippen molar-refractivity contribution in [3.05, 3.63) is 46.3 Å². The van der Waals surface area contributed by atoms with Gasteiger partial charge in [-0.1, -0.05) is 16.9 Å². The van der Waals surface area contributed by atoms with E-state index in [0.717, 1.165) is 45.7 Å². The summed E-state index contributed by atoms with van der Waals surface area (Å²) in [5.74, 6) is 0.0903. The number of hydrogen-bond acceptors (Lipinski definition) is 8. The number of carboxylic acid groups (broad SMARTS) is 1. The molecular formula is C19H20N4O5S. The number of carbonyl (C=O) groups excluding carboxylic acids is 1. The third kappa shape index (κ3) is 5.02. The van der Waals surface area contributed by atoms with Crippen molar-refractivity contribution in [1.82, 2.24) is 10.5 Å². The largest absolute Gasteiger partial charge is 0.496 e. The molecule has 2 N–H and O–H groups in total. The van der Waals surface area contributed by atoms with Crippen LogP contribution in [0, 0.1) is 13.8 Å². The van der Waals surface area contributed by atoms with Crippen molar-refractivity contribution in [3.63, 3.8) is 0 Å². The molecule has 3 rings (SSSR count). The Hall–Kier alpha value is -3.14. The molecule has 1 atom stereocenters. The second-order valence-corrected chi connectivity index (χ2v) is 7.59. The fourth-order valence-electron chi connectivity index (χ4n) is 2.85. The van der Waals surface area contributed by atoms with Gasteiger partial charge in [0, 0.05) is 12.0 Å². The molecule has 1 unspecified atom stereocenters. The van der Waals surface area contributed by atoms with Gasteiger partial charge in [0.25, 0.3) is 0 Å². The minimum Gasteiger partial charge on any atom is -0.496 e. The molecular weight excluding hydrogens is 396 g/mol. The highest BCUT2D eigenvalue weighted by Gasteiger charge is 2.32. The van der Waals surface area contributed by atoms with Crippen LogP contribution in [0.3, 0.4) is 0 Å². The summed E-state index contributed by atoms with van der Waals surface area (Å²) in [6.45, 7) is 3.76. The van der Waals surface area contributed by atoms with Gasteiger partial charge in [0.05, 0.1) is 25.4 Å². The van der Waals surface area contributed by atoms with Crippen LogP contribution in [-0.4, -0.2) is 45.9 Å². The number of ether oxygens (including phenoxy) is 1. The smallest absolute Gasteiger partial charge is 0.305 e. The van der Waals surface area contributed by atoms with E-state index in [4.69, 9.17) is 14.4 Å². The van der Waals surface area contributed by atoms with Gasteiger partial charge in [0.15, 0.2) is 5.17 Å². The van der Waals surface area contributed by atoms with Crippen LogP contribution in [-0.2, 0) is 16.0 Å². The Kier molecular flexibility index (Phi) is 6.32. The number of rotatable bonds is 7. The first-order valence-electron chi connectivity index (χ1n) is 8.76. The number of nitrogens with zero attached hydrogens (tertiary/aromatic N) is 3. The minimum absolute atomic E-state index is 0.261. The first kappa shape index (κ1) is 20.6. The van der Waals surface area contributed by atoms with E-state index in [1.165, 1.54) is 0 Å². The van der Waals surface area contributed by atoms with Crippen LogP contribution in [0.4, 0.5) is 0 Å². The highest BCUT2D eigenvalue weighted by atomic mass is 32.2. The van der Waals surface area contributed by atoms with E-state index in [1.807, 2.05) is 32.0 Å². The Balaban J connectivity index is 1.74. The summed E-state index contributed by atoms with van der Waals surface area (Å²) in [4.78, 5) is 22.5. The first-order chi connectivity index (χ1) is 13.9. The van der Waals surface area contributed by atoms with E-state index in [2.05, 4.69) is 20.7 Å². The molecule has 0 bridgehead atoms. The van der Waals surface area contributed by atoms with E-state index in [-0.39, 0.29) is 17.5 Å². The Morgan fingerprint density at radius 3 is 2.90 bits per heavy atom. The molecule has 9 nitrogen and oxygen atoms in total. The molecule has 2 aromatic rings. The van der Waals surface area contributed by atoms with Crippen LogP contribution in [0.25, 0.3) is 0 Å². The molecule has 2 heterocycles. The van der Waals surface area contributed by atoms with Crippen molar-refractivity contribution in [1.29, 1.82) is 0 Å². The van der Waals surface area contributed by atoms with Crippen molar-refractivity contribution >= 4 is 35.0 Å². The molecule has 1 aromatic heterocycles. The van der Waals surface area contributed by atoms with Crippen LogP contribution in [0.2, 0.25) is 0 Å². The Labute approximate surface area is 171 Å². The average molecular weight is 416 g/mol. The van der Waals surface area contributed by atoms with E-state index in [1.54, 1.807) is 13.3 Å². The van der Waals surface area contributed by atoms with Gasteiger partial charge < -0.3 is 19.7 Å². The molecule has 152 valence electrons. The standard InChI is InChI=1S/C19H20N4O5S/c1-10-14(11(2)28-23-10)7-13-6-12(4-5-15(13)27-3)9-20-22-19-21-18(26)16(29-19)8-17(24)25/h4-6,9,16H,7-8H2,1-3H3,(H,24,25)(H,21,22,26). The molecule has 29 heavy (non-hydrogen) atoms. The van der Waals surface area contributed by atoms with Gasteiger partial charge >= 0.3 is 5.97 Å². The molecule has 1 aliphatic heterocycles. The molecule has 1 amide bonds. The number of carbonyl (C=O) groups is 2. The van der Waals surface area contributed by atoms with E-state index in [9.17, 15) is 9.59 Å². The molecule has 1 saturated heterocycles. The molecule has 1 aromatic carbocycles. The number of amidine groups is 1. The maximum atomic E-state index is 11.7. The van der Waals surface area contributed by atoms with Crippen molar-refractivity contribution in [3.8, 4) is 5.75 Å². The lowest BCUT2D eigenvalue weighted by atomic mass is 10.0. The van der Waals surface area contributed by atoms with Gasteiger partial charge in [-0.2, -0.15) is 5.10 Å². The van der Waals surface area contributed by atoms with E-state index >= 15 is 0 Å². The zero-order chi connectivity index (χ0) is 21.0. The number of hydrogen-bond donors (Lipinski definition) is 2. The van der Waals surface area contributed by atoms with Crippen molar-refractivity contribution < 1.29 is 24.0 Å². The number of aliphatic carboxylic acids is 1. The third-order valence-corrected chi connectivity index (χ3v) is 5.42. The summed E-state index contributed by atoms with van der Waals surface area (Å²) in [6, 6.07) is 5.62. The van der Waals surface area contributed by atoms with E-state index < -0.39 is 11.2 Å². The molecule has 0 aliphatic carbocycles. The van der Waals surface area contributed by atoms with E-state index in [0.29, 0.717) is 6.42 Å². The van der Waals surface area contributed by atoms with Gasteiger partial charge in [-0.3, -0.25) is 9.59 Å². The lowest BCUT2D eigenvalue weighted by Gasteiger charge is -2.09. The van der Waals surface area contributed by atoms with Crippen molar-refractivity contribution in [2.75, 3.05) is 7.11 Å². The monoisotopic (exact) mass is 416 g/mol. The maximum Gasteiger partial charge on any atom is 0.305 e. The summed E-state index contributed by atoms with van der Waals surface area (Å²) in [6.07, 6.45) is 1.90. The number of benzene rings is 1. The summed E-state index contributed by atoms with van der Waals surface area (Å²) >= 11 is 1.05. The predicted molar refractivity (Wildman–Crippen MR) is 109 cm³/mol. The third-order valence-electron chi connectivity index (χ3n) is 4.34. The highest BCUT2D eigenvalue weighted by Crippen LogP contribution is 2.26.